The van der Waals surface area contributed by atoms with E-state index in [2.05, 4.69) is 15.4 Å². The molecule has 1 N–H and O–H groups in total. The first-order valence-electron chi connectivity index (χ1n) is 5.16. The molecule has 0 spiro atoms. The number of carbonyl (C=O) groups excluding carboxylic acids is 1. The minimum absolute atomic E-state index is 0.0000652. The van der Waals surface area contributed by atoms with E-state index in [1.54, 1.807) is 13.0 Å². The molecule has 0 radical (unpaired) electrons. The average molecular weight is 270 g/mol. The van der Waals surface area contributed by atoms with Crippen LogP contribution in [0.1, 0.15) is 17.4 Å². The third kappa shape index (κ3) is 2.33. The summed E-state index contributed by atoms with van der Waals surface area (Å²) in [5.41, 5.74) is 0.635. The standard InChI is InChI=1S/C11H9ClFN3O2/c1-2-18-11(17)10-9(14-16-15-10)6-3-4-7(12)8(13)5-6/h3-5H,2H2,1H3,(H,14,15,16). The summed E-state index contributed by atoms with van der Waals surface area (Å²) in [6.45, 7) is 1.90. The van der Waals surface area contributed by atoms with Gasteiger partial charge in [0.25, 0.3) is 0 Å². The summed E-state index contributed by atoms with van der Waals surface area (Å²) in [7, 11) is 0. The predicted octanol–water partition coefficient (Wildman–Crippen LogP) is 2.44. The Bertz CT molecular complexity index is 585. The zero-order valence-electron chi connectivity index (χ0n) is 9.41. The van der Waals surface area contributed by atoms with E-state index in [9.17, 15) is 9.18 Å². The Morgan fingerprint density at radius 3 is 2.94 bits per heavy atom. The van der Waals surface area contributed by atoms with Gasteiger partial charge in [-0.25, -0.2) is 9.18 Å². The number of benzene rings is 1. The van der Waals surface area contributed by atoms with Gasteiger partial charge in [-0.15, -0.1) is 5.10 Å². The normalized spacial score (nSPS) is 10.4. The van der Waals surface area contributed by atoms with E-state index >= 15 is 0 Å². The second-order valence-electron chi connectivity index (χ2n) is 3.37. The summed E-state index contributed by atoms with van der Waals surface area (Å²) in [5.74, 6) is -1.21. The van der Waals surface area contributed by atoms with E-state index in [-0.39, 0.29) is 23.0 Å². The van der Waals surface area contributed by atoms with Crippen LogP contribution in [0.25, 0.3) is 11.3 Å². The van der Waals surface area contributed by atoms with Gasteiger partial charge in [0.15, 0.2) is 5.69 Å². The number of hydrogen-bond acceptors (Lipinski definition) is 4. The Labute approximate surface area is 107 Å². The fraction of sp³-hybridized carbons (Fsp3) is 0.182. The average Bonchev–Trinajstić information content (AvgIpc) is 2.82. The van der Waals surface area contributed by atoms with Crippen molar-refractivity contribution in [2.45, 2.75) is 6.92 Å². The highest BCUT2D eigenvalue weighted by atomic mass is 35.5. The van der Waals surface area contributed by atoms with Crippen LogP contribution in [0.2, 0.25) is 5.02 Å². The molecule has 0 bridgehead atoms. The third-order valence-corrected chi connectivity index (χ3v) is 2.52. The molecule has 0 atom stereocenters. The van der Waals surface area contributed by atoms with Crippen LogP contribution in [0, 0.1) is 5.82 Å². The first-order chi connectivity index (χ1) is 8.63. The molecule has 7 heteroatoms. The van der Waals surface area contributed by atoms with Gasteiger partial charge < -0.3 is 4.74 Å². The number of H-pyrrole nitrogens is 1. The summed E-state index contributed by atoms with van der Waals surface area (Å²) < 4.78 is 18.2. The zero-order valence-corrected chi connectivity index (χ0v) is 10.2. The molecule has 2 rings (SSSR count). The number of nitrogens with zero attached hydrogens (tertiary/aromatic N) is 2. The lowest BCUT2D eigenvalue weighted by molar-refractivity contribution is 0.0520. The number of halogens is 2. The number of esters is 1. The molecule has 1 aromatic carbocycles. The van der Waals surface area contributed by atoms with E-state index in [4.69, 9.17) is 16.3 Å². The molecule has 0 unspecified atom stereocenters. The summed E-state index contributed by atoms with van der Waals surface area (Å²) in [6.07, 6.45) is 0. The highest BCUT2D eigenvalue weighted by molar-refractivity contribution is 6.30. The van der Waals surface area contributed by atoms with Crippen molar-refractivity contribution < 1.29 is 13.9 Å². The predicted molar refractivity (Wildman–Crippen MR) is 62.7 cm³/mol. The first-order valence-corrected chi connectivity index (χ1v) is 5.54. The van der Waals surface area contributed by atoms with Gasteiger partial charge in [0.05, 0.1) is 11.6 Å². The molecule has 0 saturated heterocycles. The van der Waals surface area contributed by atoms with Gasteiger partial charge in [-0.3, -0.25) is 0 Å². The van der Waals surface area contributed by atoms with Gasteiger partial charge in [0, 0.05) is 5.56 Å². The number of nitrogens with one attached hydrogen (secondary N) is 1. The van der Waals surface area contributed by atoms with Gasteiger partial charge in [0.2, 0.25) is 0 Å². The van der Waals surface area contributed by atoms with E-state index in [0.29, 0.717) is 5.56 Å². The van der Waals surface area contributed by atoms with E-state index in [0.717, 1.165) is 0 Å². The molecular weight excluding hydrogens is 261 g/mol. The van der Waals surface area contributed by atoms with Gasteiger partial charge in [0.1, 0.15) is 11.5 Å². The number of aromatic nitrogens is 3. The van der Waals surface area contributed by atoms with Crippen LogP contribution in [0.15, 0.2) is 18.2 Å². The smallest absolute Gasteiger partial charge is 0.361 e. The maximum atomic E-state index is 13.3. The summed E-state index contributed by atoms with van der Waals surface area (Å²) >= 11 is 5.58. The monoisotopic (exact) mass is 269 g/mol. The lowest BCUT2D eigenvalue weighted by Crippen LogP contribution is -2.06. The molecule has 0 aliphatic carbocycles. The number of rotatable bonds is 3. The molecule has 5 nitrogen and oxygen atoms in total. The van der Waals surface area contributed by atoms with Crippen molar-refractivity contribution in [3.05, 3.63) is 34.7 Å². The molecule has 0 fully saturated rings. The summed E-state index contributed by atoms with van der Waals surface area (Å²) in [4.78, 5) is 11.6. The minimum atomic E-state index is -0.614. The summed E-state index contributed by atoms with van der Waals surface area (Å²) in [6, 6.07) is 4.12. The lowest BCUT2D eigenvalue weighted by Gasteiger charge is -2.02. The largest absolute Gasteiger partial charge is 0.461 e. The lowest BCUT2D eigenvalue weighted by atomic mass is 10.1. The molecule has 2 aromatic rings. The third-order valence-electron chi connectivity index (χ3n) is 2.21. The fourth-order valence-electron chi connectivity index (χ4n) is 1.42. The van der Waals surface area contributed by atoms with Gasteiger partial charge >= 0.3 is 5.97 Å². The fourth-order valence-corrected chi connectivity index (χ4v) is 1.53. The number of aromatic amines is 1. The van der Waals surface area contributed by atoms with Gasteiger partial charge in [-0.1, -0.05) is 17.7 Å². The second-order valence-corrected chi connectivity index (χ2v) is 3.78. The Morgan fingerprint density at radius 1 is 1.50 bits per heavy atom. The van der Waals surface area contributed by atoms with Crippen LogP contribution in [0.4, 0.5) is 4.39 Å². The zero-order chi connectivity index (χ0) is 13.1. The Kier molecular flexibility index (Phi) is 3.57. The van der Waals surface area contributed by atoms with Crippen LogP contribution in [-0.2, 0) is 4.74 Å². The van der Waals surface area contributed by atoms with Gasteiger partial charge in [-0.2, -0.15) is 10.3 Å². The van der Waals surface area contributed by atoms with Crippen LogP contribution in [0.3, 0.4) is 0 Å². The second kappa shape index (κ2) is 5.14. The van der Waals surface area contributed by atoms with Crippen molar-refractivity contribution in [3.8, 4) is 11.3 Å². The molecule has 0 amide bonds. The molecule has 0 saturated carbocycles. The molecular formula is C11H9ClFN3O2. The van der Waals surface area contributed by atoms with Crippen LogP contribution in [-0.4, -0.2) is 28.0 Å². The van der Waals surface area contributed by atoms with Crippen molar-refractivity contribution in [2.75, 3.05) is 6.61 Å². The molecule has 0 aliphatic rings. The molecule has 94 valence electrons. The van der Waals surface area contributed by atoms with Crippen molar-refractivity contribution in [3.63, 3.8) is 0 Å². The highest BCUT2D eigenvalue weighted by Crippen LogP contribution is 2.24. The highest BCUT2D eigenvalue weighted by Gasteiger charge is 2.19. The number of carbonyl (C=O) groups is 1. The number of hydrogen-bond donors (Lipinski definition) is 1. The summed E-state index contributed by atoms with van der Waals surface area (Å²) in [5, 5.41) is 9.82. The molecule has 18 heavy (non-hydrogen) atoms. The van der Waals surface area contributed by atoms with Crippen molar-refractivity contribution in [1.29, 1.82) is 0 Å². The quantitative estimate of drug-likeness (QED) is 0.869. The Morgan fingerprint density at radius 2 is 2.28 bits per heavy atom. The topological polar surface area (TPSA) is 67.9 Å². The van der Waals surface area contributed by atoms with Crippen molar-refractivity contribution >= 4 is 17.6 Å². The van der Waals surface area contributed by atoms with Crippen LogP contribution < -0.4 is 0 Å². The Hall–Kier alpha value is -1.95. The Balaban J connectivity index is 2.42. The van der Waals surface area contributed by atoms with Gasteiger partial charge in [-0.05, 0) is 19.1 Å². The van der Waals surface area contributed by atoms with Crippen LogP contribution >= 0.6 is 11.6 Å². The minimum Gasteiger partial charge on any atom is -0.461 e. The van der Waals surface area contributed by atoms with Crippen LogP contribution in [0.5, 0.6) is 0 Å². The molecule has 1 aromatic heterocycles. The molecule has 0 aliphatic heterocycles. The maximum absolute atomic E-state index is 13.3. The first kappa shape index (κ1) is 12.5. The molecule has 1 heterocycles. The maximum Gasteiger partial charge on any atom is 0.361 e. The SMILES string of the molecule is CCOC(=O)c1n[nH]nc1-c1ccc(Cl)c(F)c1. The van der Waals surface area contributed by atoms with Crippen molar-refractivity contribution in [1.82, 2.24) is 15.4 Å². The van der Waals surface area contributed by atoms with E-state index in [1.807, 2.05) is 0 Å². The van der Waals surface area contributed by atoms with E-state index in [1.165, 1.54) is 12.1 Å². The van der Waals surface area contributed by atoms with E-state index < -0.39 is 11.8 Å². The van der Waals surface area contributed by atoms with Crippen molar-refractivity contribution in [2.24, 2.45) is 0 Å². The number of ether oxygens (including phenoxy) is 1.